The fourth-order valence-electron chi connectivity index (χ4n) is 1.36. The molecule has 78 valence electrons. The van der Waals surface area contributed by atoms with Crippen LogP contribution in [0.3, 0.4) is 0 Å². The Morgan fingerprint density at radius 3 is 2.79 bits per heavy atom. The minimum Gasteiger partial charge on any atom is -0.368 e. The monoisotopic (exact) mass is 196 g/mol. The van der Waals surface area contributed by atoms with E-state index in [2.05, 4.69) is 5.32 Å². The molecular formula is C10H16N2O2. The van der Waals surface area contributed by atoms with E-state index in [-0.39, 0.29) is 12.0 Å². The summed E-state index contributed by atoms with van der Waals surface area (Å²) in [7, 11) is 0. The number of nitrogens with zero attached hydrogens (tertiary/aromatic N) is 1. The third kappa shape index (κ3) is 3.00. The number of rotatable bonds is 2. The van der Waals surface area contributed by atoms with Gasteiger partial charge in [0, 0.05) is 6.61 Å². The molecule has 0 radical (unpaired) electrons. The van der Waals surface area contributed by atoms with Crippen LogP contribution < -0.4 is 5.32 Å². The average Bonchev–Trinajstić information content (AvgIpc) is 2.19. The zero-order chi connectivity index (χ0) is 10.6. The summed E-state index contributed by atoms with van der Waals surface area (Å²) in [5.41, 5.74) is -0.808. The quantitative estimate of drug-likeness (QED) is 0.716. The molecule has 1 rings (SSSR count). The van der Waals surface area contributed by atoms with Crippen molar-refractivity contribution in [1.82, 2.24) is 5.32 Å². The maximum absolute atomic E-state index is 11.6. The second kappa shape index (κ2) is 4.43. The van der Waals surface area contributed by atoms with E-state index < -0.39 is 5.54 Å². The minimum atomic E-state index is -0.808. The predicted octanol–water partition coefficient (Wildman–Crippen LogP) is 0.974. The summed E-state index contributed by atoms with van der Waals surface area (Å²) in [6.45, 7) is 3.99. The number of carbonyl (C=O) groups is 1. The molecule has 1 aliphatic rings. The SMILES string of the molecule is CC(C)(C#N)NC(=O)C1CCCCO1. The lowest BCUT2D eigenvalue weighted by Gasteiger charge is -2.25. The van der Waals surface area contributed by atoms with E-state index in [1.165, 1.54) is 0 Å². The van der Waals surface area contributed by atoms with Crippen LogP contribution in [0.1, 0.15) is 33.1 Å². The Morgan fingerprint density at radius 2 is 2.29 bits per heavy atom. The summed E-state index contributed by atoms with van der Waals surface area (Å²) in [5, 5.41) is 11.4. The number of amides is 1. The van der Waals surface area contributed by atoms with Crippen molar-refractivity contribution in [3.05, 3.63) is 0 Å². The van der Waals surface area contributed by atoms with Crippen LogP contribution in [0.15, 0.2) is 0 Å². The molecule has 0 aliphatic carbocycles. The molecule has 14 heavy (non-hydrogen) atoms. The van der Waals surface area contributed by atoms with Crippen molar-refractivity contribution in [2.75, 3.05) is 6.61 Å². The Balaban J connectivity index is 2.45. The molecule has 4 heteroatoms. The molecule has 0 aromatic heterocycles. The molecule has 0 spiro atoms. The first-order valence-electron chi connectivity index (χ1n) is 4.90. The van der Waals surface area contributed by atoms with Crippen molar-refractivity contribution in [2.45, 2.75) is 44.8 Å². The normalized spacial score (nSPS) is 22.5. The first-order valence-corrected chi connectivity index (χ1v) is 4.90. The van der Waals surface area contributed by atoms with Crippen molar-refractivity contribution in [3.8, 4) is 6.07 Å². The highest BCUT2D eigenvalue weighted by Crippen LogP contribution is 2.13. The summed E-state index contributed by atoms with van der Waals surface area (Å²) in [6, 6.07) is 2.02. The predicted molar refractivity (Wildman–Crippen MR) is 51.4 cm³/mol. The largest absolute Gasteiger partial charge is 0.368 e. The number of carbonyl (C=O) groups excluding carboxylic acids is 1. The molecule has 1 aliphatic heterocycles. The average molecular weight is 196 g/mol. The summed E-state index contributed by atoms with van der Waals surface area (Å²) in [5.74, 6) is -0.170. The molecule has 0 aromatic rings. The number of hydrogen-bond acceptors (Lipinski definition) is 3. The maximum atomic E-state index is 11.6. The van der Waals surface area contributed by atoms with Crippen molar-refractivity contribution < 1.29 is 9.53 Å². The van der Waals surface area contributed by atoms with E-state index in [4.69, 9.17) is 10.00 Å². The van der Waals surface area contributed by atoms with Gasteiger partial charge in [-0.3, -0.25) is 4.79 Å². The van der Waals surface area contributed by atoms with E-state index in [0.29, 0.717) is 6.61 Å². The Morgan fingerprint density at radius 1 is 1.57 bits per heavy atom. The summed E-state index contributed by atoms with van der Waals surface area (Å²) in [4.78, 5) is 11.6. The number of nitriles is 1. The van der Waals surface area contributed by atoms with E-state index >= 15 is 0 Å². The standard InChI is InChI=1S/C10H16N2O2/c1-10(2,7-11)12-9(13)8-5-3-4-6-14-8/h8H,3-6H2,1-2H3,(H,12,13). The van der Waals surface area contributed by atoms with E-state index in [1.54, 1.807) is 13.8 Å². The Hall–Kier alpha value is -1.08. The van der Waals surface area contributed by atoms with Gasteiger partial charge in [0.05, 0.1) is 6.07 Å². The lowest BCUT2D eigenvalue weighted by molar-refractivity contribution is -0.136. The first-order chi connectivity index (χ1) is 6.55. The molecule has 0 bridgehead atoms. The molecule has 0 saturated carbocycles. The van der Waals surface area contributed by atoms with Crippen LogP contribution in [0, 0.1) is 11.3 Å². The van der Waals surface area contributed by atoms with Crippen LogP contribution >= 0.6 is 0 Å². The van der Waals surface area contributed by atoms with Crippen molar-refractivity contribution in [1.29, 1.82) is 5.26 Å². The Kier molecular flexibility index (Phi) is 3.48. The van der Waals surface area contributed by atoms with Gasteiger partial charge >= 0.3 is 0 Å². The maximum Gasteiger partial charge on any atom is 0.250 e. The first kappa shape index (κ1) is 11.0. The van der Waals surface area contributed by atoms with Gasteiger partial charge in [-0.25, -0.2) is 0 Å². The highest BCUT2D eigenvalue weighted by molar-refractivity contribution is 5.81. The summed E-state index contributed by atoms with van der Waals surface area (Å²) >= 11 is 0. The van der Waals surface area contributed by atoms with E-state index in [9.17, 15) is 4.79 Å². The zero-order valence-corrected chi connectivity index (χ0v) is 8.67. The molecule has 1 atom stereocenters. The third-order valence-corrected chi connectivity index (χ3v) is 2.19. The molecule has 1 unspecified atom stereocenters. The van der Waals surface area contributed by atoms with Gasteiger partial charge in [0.2, 0.25) is 5.91 Å². The molecule has 0 aromatic carbocycles. The second-order valence-electron chi connectivity index (χ2n) is 4.08. The summed E-state index contributed by atoms with van der Waals surface area (Å²) < 4.78 is 5.31. The third-order valence-electron chi connectivity index (χ3n) is 2.19. The fourth-order valence-corrected chi connectivity index (χ4v) is 1.36. The van der Waals surface area contributed by atoms with Gasteiger partial charge in [-0.2, -0.15) is 5.26 Å². The van der Waals surface area contributed by atoms with E-state index in [0.717, 1.165) is 19.3 Å². The number of ether oxygens (including phenoxy) is 1. The molecule has 4 nitrogen and oxygen atoms in total. The molecular weight excluding hydrogens is 180 g/mol. The van der Waals surface area contributed by atoms with Crippen LogP contribution in [0.2, 0.25) is 0 Å². The van der Waals surface area contributed by atoms with Crippen molar-refractivity contribution in [3.63, 3.8) is 0 Å². The Bertz CT molecular complexity index is 249. The van der Waals surface area contributed by atoms with Crippen LogP contribution in [-0.4, -0.2) is 24.2 Å². The fraction of sp³-hybridized carbons (Fsp3) is 0.800. The van der Waals surface area contributed by atoms with E-state index in [1.807, 2.05) is 6.07 Å². The molecule has 1 N–H and O–H groups in total. The molecule has 1 heterocycles. The Labute approximate surface area is 84.2 Å². The van der Waals surface area contributed by atoms with Gasteiger partial charge in [0.15, 0.2) is 0 Å². The number of nitrogens with one attached hydrogen (secondary N) is 1. The van der Waals surface area contributed by atoms with Crippen LogP contribution in [0.25, 0.3) is 0 Å². The zero-order valence-electron chi connectivity index (χ0n) is 8.67. The molecule has 1 saturated heterocycles. The second-order valence-corrected chi connectivity index (χ2v) is 4.08. The van der Waals surface area contributed by atoms with Crippen molar-refractivity contribution in [2.24, 2.45) is 0 Å². The van der Waals surface area contributed by atoms with Gasteiger partial charge in [-0.05, 0) is 33.1 Å². The van der Waals surface area contributed by atoms with Gasteiger partial charge in [0.25, 0.3) is 0 Å². The number of hydrogen-bond donors (Lipinski definition) is 1. The summed E-state index contributed by atoms with van der Waals surface area (Å²) in [6.07, 6.45) is 2.43. The smallest absolute Gasteiger partial charge is 0.250 e. The van der Waals surface area contributed by atoms with Crippen molar-refractivity contribution >= 4 is 5.91 Å². The lowest BCUT2D eigenvalue weighted by Crippen LogP contribution is -2.48. The molecule has 1 amide bonds. The minimum absolute atomic E-state index is 0.170. The highest BCUT2D eigenvalue weighted by Gasteiger charge is 2.27. The van der Waals surface area contributed by atoms with Gasteiger partial charge in [0.1, 0.15) is 11.6 Å². The van der Waals surface area contributed by atoms with Crippen LogP contribution in [0.4, 0.5) is 0 Å². The van der Waals surface area contributed by atoms with Gasteiger partial charge < -0.3 is 10.1 Å². The topological polar surface area (TPSA) is 62.1 Å². The van der Waals surface area contributed by atoms with Crippen LogP contribution in [-0.2, 0) is 9.53 Å². The molecule has 1 fully saturated rings. The van der Waals surface area contributed by atoms with Crippen LogP contribution in [0.5, 0.6) is 0 Å². The van der Waals surface area contributed by atoms with Gasteiger partial charge in [-0.15, -0.1) is 0 Å². The van der Waals surface area contributed by atoms with Gasteiger partial charge in [-0.1, -0.05) is 0 Å². The highest BCUT2D eigenvalue weighted by atomic mass is 16.5. The lowest BCUT2D eigenvalue weighted by atomic mass is 10.0.